The third-order valence-corrected chi connectivity index (χ3v) is 6.94. The Bertz CT molecular complexity index is 974. The number of ether oxygens (including phenoxy) is 2. The van der Waals surface area contributed by atoms with Crippen molar-refractivity contribution < 1.29 is 35.2 Å². The molecule has 0 aliphatic heterocycles. The van der Waals surface area contributed by atoms with E-state index in [4.69, 9.17) is 9.47 Å². The lowest BCUT2D eigenvalue weighted by Gasteiger charge is -2.36. The molecule has 2 aromatic rings. The van der Waals surface area contributed by atoms with Crippen LogP contribution in [-0.4, -0.2) is 27.1 Å². The first-order valence-electron chi connectivity index (χ1n) is 11.1. The largest absolute Gasteiger partial charge is 0.534 e. The molecule has 0 aromatic heterocycles. The molecule has 0 radical (unpaired) electrons. The topological polar surface area (TPSA) is 61.8 Å². The number of rotatable bonds is 12. The van der Waals surface area contributed by atoms with Crippen molar-refractivity contribution in [2.24, 2.45) is 5.41 Å². The highest BCUT2D eigenvalue weighted by atomic mass is 32.2. The Labute approximate surface area is 198 Å². The van der Waals surface area contributed by atoms with Crippen LogP contribution in [0.5, 0.6) is 0 Å². The van der Waals surface area contributed by atoms with E-state index in [9.17, 15) is 21.6 Å². The Balaban J connectivity index is 1.57. The SMILES string of the molecule is O=S(=O)(OC1=CCC(CCOCc2ccccc2)(CCOCc2ccccc2)CC1)C(F)(F)F. The van der Waals surface area contributed by atoms with E-state index in [-0.39, 0.29) is 17.6 Å². The van der Waals surface area contributed by atoms with Gasteiger partial charge in [0.2, 0.25) is 0 Å². The summed E-state index contributed by atoms with van der Waals surface area (Å²) in [4.78, 5) is 0. The molecule has 0 N–H and O–H groups in total. The molecule has 0 unspecified atom stereocenters. The molecule has 0 spiro atoms. The van der Waals surface area contributed by atoms with Gasteiger partial charge in [-0.05, 0) is 48.3 Å². The Morgan fingerprint density at radius 2 is 1.32 bits per heavy atom. The van der Waals surface area contributed by atoms with Gasteiger partial charge in [0, 0.05) is 19.6 Å². The quantitative estimate of drug-likeness (QED) is 0.200. The second kappa shape index (κ2) is 11.9. The average molecular weight is 499 g/mol. The van der Waals surface area contributed by atoms with Crippen molar-refractivity contribution in [1.82, 2.24) is 0 Å². The standard InChI is InChI=1S/C25H29F3O5S/c26-25(27,28)34(29,30)33-23-11-13-24(14-12-23,15-17-31-19-21-7-3-1-4-8-21)16-18-32-20-22-9-5-2-6-10-22/h1-11H,12-20H2. The van der Waals surface area contributed by atoms with Crippen molar-refractivity contribution >= 4 is 10.1 Å². The minimum absolute atomic E-state index is 0.104. The number of hydrogen-bond donors (Lipinski definition) is 0. The monoisotopic (exact) mass is 498 g/mol. The Morgan fingerprint density at radius 1 is 0.824 bits per heavy atom. The highest BCUT2D eigenvalue weighted by molar-refractivity contribution is 7.87. The summed E-state index contributed by atoms with van der Waals surface area (Å²) >= 11 is 0. The molecule has 186 valence electrons. The van der Waals surface area contributed by atoms with Gasteiger partial charge in [-0.1, -0.05) is 60.7 Å². The maximum absolute atomic E-state index is 12.7. The molecule has 34 heavy (non-hydrogen) atoms. The van der Waals surface area contributed by atoms with Crippen LogP contribution in [0.3, 0.4) is 0 Å². The summed E-state index contributed by atoms with van der Waals surface area (Å²) in [6, 6.07) is 19.5. The van der Waals surface area contributed by atoms with Crippen LogP contribution >= 0.6 is 0 Å². The lowest BCUT2D eigenvalue weighted by Crippen LogP contribution is -2.30. The third kappa shape index (κ3) is 7.85. The van der Waals surface area contributed by atoms with Crippen molar-refractivity contribution in [3.63, 3.8) is 0 Å². The molecule has 0 atom stereocenters. The van der Waals surface area contributed by atoms with E-state index >= 15 is 0 Å². The van der Waals surface area contributed by atoms with Crippen molar-refractivity contribution in [1.29, 1.82) is 0 Å². The molecule has 3 rings (SSSR count). The summed E-state index contributed by atoms with van der Waals surface area (Å²) in [5.74, 6) is -0.164. The molecule has 0 fully saturated rings. The summed E-state index contributed by atoms with van der Waals surface area (Å²) in [5, 5.41) is 0. The maximum atomic E-state index is 12.7. The van der Waals surface area contributed by atoms with Crippen molar-refractivity contribution in [2.75, 3.05) is 13.2 Å². The minimum atomic E-state index is -5.66. The molecule has 0 saturated heterocycles. The van der Waals surface area contributed by atoms with Gasteiger partial charge in [-0.2, -0.15) is 21.6 Å². The van der Waals surface area contributed by atoms with Crippen LogP contribution in [0, 0.1) is 5.41 Å². The molecule has 1 aliphatic carbocycles. The Hall–Kier alpha value is -2.36. The normalized spacial score (nSPS) is 16.1. The summed E-state index contributed by atoms with van der Waals surface area (Å²) in [5.41, 5.74) is -3.61. The fraction of sp³-hybridized carbons (Fsp3) is 0.440. The highest BCUT2D eigenvalue weighted by Gasteiger charge is 2.49. The average Bonchev–Trinajstić information content (AvgIpc) is 2.82. The summed E-state index contributed by atoms with van der Waals surface area (Å²) in [7, 11) is -5.66. The van der Waals surface area contributed by atoms with Crippen LogP contribution < -0.4 is 0 Å². The van der Waals surface area contributed by atoms with Crippen LogP contribution in [0.15, 0.2) is 72.5 Å². The van der Waals surface area contributed by atoms with E-state index in [2.05, 4.69) is 4.18 Å². The van der Waals surface area contributed by atoms with Crippen molar-refractivity contribution in [3.05, 3.63) is 83.6 Å². The molecule has 0 saturated carbocycles. The number of benzene rings is 2. The van der Waals surface area contributed by atoms with E-state index < -0.39 is 15.6 Å². The van der Waals surface area contributed by atoms with Gasteiger partial charge in [-0.3, -0.25) is 0 Å². The predicted molar refractivity (Wildman–Crippen MR) is 122 cm³/mol. The molecule has 0 heterocycles. The van der Waals surface area contributed by atoms with Gasteiger partial charge in [0.25, 0.3) is 0 Å². The van der Waals surface area contributed by atoms with Gasteiger partial charge in [-0.25, -0.2) is 0 Å². The molecule has 2 aromatic carbocycles. The second-order valence-electron chi connectivity index (χ2n) is 8.43. The molecule has 5 nitrogen and oxygen atoms in total. The predicted octanol–water partition coefficient (Wildman–Crippen LogP) is 6.12. The zero-order valence-electron chi connectivity index (χ0n) is 18.8. The number of halogens is 3. The molecule has 0 bridgehead atoms. The van der Waals surface area contributed by atoms with Gasteiger partial charge in [0.15, 0.2) is 0 Å². The highest BCUT2D eigenvalue weighted by Crippen LogP contribution is 2.43. The van der Waals surface area contributed by atoms with E-state index in [0.29, 0.717) is 52.1 Å². The fourth-order valence-electron chi connectivity index (χ4n) is 3.87. The van der Waals surface area contributed by atoms with Gasteiger partial charge < -0.3 is 13.7 Å². The van der Waals surface area contributed by atoms with Crippen LogP contribution in [0.1, 0.15) is 43.2 Å². The van der Waals surface area contributed by atoms with E-state index in [1.54, 1.807) is 0 Å². The first kappa shape index (κ1) is 26.2. The number of alkyl halides is 3. The molecule has 1 aliphatic rings. The zero-order chi connectivity index (χ0) is 24.5. The smallest absolute Gasteiger partial charge is 0.381 e. The van der Waals surface area contributed by atoms with Crippen molar-refractivity contribution in [3.8, 4) is 0 Å². The van der Waals surface area contributed by atoms with Gasteiger partial charge in [0.05, 0.1) is 13.2 Å². The maximum Gasteiger partial charge on any atom is 0.534 e. The van der Waals surface area contributed by atoms with Gasteiger partial charge in [-0.15, -0.1) is 0 Å². The molecular weight excluding hydrogens is 469 g/mol. The molecule has 9 heteroatoms. The van der Waals surface area contributed by atoms with Crippen LogP contribution in [0.2, 0.25) is 0 Å². The first-order chi connectivity index (χ1) is 16.2. The van der Waals surface area contributed by atoms with Crippen LogP contribution in [0.25, 0.3) is 0 Å². The van der Waals surface area contributed by atoms with Gasteiger partial charge in [0.1, 0.15) is 5.76 Å². The fourth-order valence-corrected chi connectivity index (χ4v) is 4.40. The minimum Gasteiger partial charge on any atom is -0.381 e. The second-order valence-corrected chi connectivity index (χ2v) is 9.97. The van der Waals surface area contributed by atoms with E-state index in [1.165, 1.54) is 6.08 Å². The number of allylic oxidation sites excluding steroid dienone is 2. The molecule has 0 amide bonds. The lowest BCUT2D eigenvalue weighted by molar-refractivity contribution is -0.0526. The van der Waals surface area contributed by atoms with Crippen molar-refractivity contribution in [2.45, 2.75) is 50.8 Å². The van der Waals surface area contributed by atoms with Crippen LogP contribution in [0.4, 0.5) is 13.2 Å². The molecular formula is C25H29F3O5S. The third-order valence-electron chi connectivity index (χ3n) is 5.94. The first-order valence-corrected chi connectivity index (χ1v) is 12.5. The Morgan fingerprint density at radius 3 is 1.74 bits per heavy atom. The van der Waals surface area contributed by atoms with E-state index in [0.717, 1.165) is 11.1 Å². The summed E-state index contributed by atoms with van der Waals surface area (Å²) in [6.45, 7) is 1.88. The summed E-state index contributed by atoms with van der Waals surface area (Å²) < 4.78 is 76.7. The van der Waals surface area contributed by atoms with Crippen LogP contribution in [-0.2, 0) is 37.0 Å². The zero-order valence-corrected chi connectivity index (χ0v) is 19.6. The lowest BCUT2D eigenvalue weighted by atomic mass is 9.72. The van der Waals surface area contributed by atoms with E-state index in [1.807, 2.05) is 60.7 Å². The van der Waals surface area contributed by atoms with Gasteiger partial charge >= 0.3 is 15.6 Å². The number of hydrogen-bond acceptors (Lipinski definition) is 5. The Kier molecular flexibility index (Phi) is 9.16. The summed E-state index contributed by atoms with van der Waals surface area (Å²) in [6.07, 6.45) is 3.78.